The molecule has 31 heavy (non-hydrogen) atoms. The van der Waals surface area contributed by atoms with Crippen LogP contribution in [0.15, 0.2) is 88.1 Å². The normalized spacial score (nSPS) is 10.6. The molecule has 0 aliphatic heterocycles. The highest BCUT2D eigenvalue weighted by atomic mass is 16.4. The van der Waals surface area contributed by atoms with Gasteiger partial charge in [-0.15, -0.1) is 0 Å². The van der Waals surface area contributed by atoms with Crippen LogP contribution in [0.25, 0.3) is 22.1 Å². The van der Waals surface area contributed by atoms with Gasteiger partial charge >= 0.3 is 5.63 Å². The van der Waals surface area contributed by atoms with Crippen LogP contribution in [-0.2, 0) is 4.79 Å². The molecule has 0 unspecified atom stereocenters. The number of anilines is 2. The minimum absolute atomic E-state index is 0.0771. The van der Waals surface area contributed by atoms with Crippen molar-refractivity contribution in [3.63, 3.8) is 0 Å². The Morgan fingerprint density at radius 2 is 1.55 bits per heavy atom. The first kappa shape index (κ1) is 20.1. The van der Waals surface area contributed by atoms with Gasteiger partial charge in [0.15, 0.2) is 0 Å². The standard InChI is InChI=1S/C25H20N2O4/c1-2-23(28)26-19-10-12-20(13-11-19)27-24(29)18-8-5-7-16(14-18)21-15-17-6-3-4-9-22(17)31-25(21)30/h3-15H,2H2,1H3,(H,26,28)(H,27,29). The van der Waals surface area contributed by atoms with Gasteiger partial charge < -0.3 is 15.1 Å². The summed E-state index contributed by atoms with van der Waals surface area (Å²) in [7, 11) is 0. The Balaban J connectivity index is 1.56. The van der Waals surface area contributed by atoms with E-state index in [1.165, 1.54) is 0 Å². The molecule has 2 amide bonds. The largest absolute Gasteiger partial charge is 0.422 e. The van der Waals surface area contributed by atoms with Gasteiger partial charge in [0.25, 0.3) is 5.91 Å². The van der Waals surface area contributed by atoms with Gasteiger partial charge in [-0.3, -0.25) is 9.59 Å². The summed E-state index contributed by atoms with van der Waals surface area (Å²) in [5.41, 5.74) is 2.72. The van der Waals surface area contributed by atoms with Crippen LogP contribution < -0.4 is 16.3 Å². The summed E-state index contributed by atoms with van der Waals surface area (Å²) in [5, 5.41) is 6.39. The van der Waals surface area contributed by atoms with Crippen molar-refractivity contribution in [2.45, 2.75) is 13.3 Å². The van der Waals surface area contributed by atoms with E-state index >= 15 is 0 Å². The van der Waals surface area contributed by atoms with Crippen LogP contribution in [0.5, 0.6) is 0 Å². The third-order valence-corrected chi connectivity index (χ3v) is 4.82. The Morgan fingerprint density at radius 3 is 2.29 bits per heavy atom. The molecule has 2 N–H and O–H groups in total. The topological polar surface area (TPSA) is 88.4 Å². The monoisotopic (exact) mass is 412 g/mol. The Bertz CT molecular complexity index is 1320. The maximum absolute atomic E-state index is 12.7. The molecule has 4 rings (SSSR count). The third-order valence-electron chi connectivity index (χ3n) is 4.82. The first-order chi connectivity index (χ1) is 15.0. The van der Waals surface area contributed by atoms with Crippen LogP contribution in [0.3, 0.4) is 0 Å². The summed E-state index contributed by atoms with van der Waals surface area (Å²) in [6.07, 6.45) is 0.393. The van der Waals surface area contributed by atoms with Gasteiger partial charge in [0.2, 0.25) is 5.91 Å². The minimum atomic E-state index is -0.457. The Kier molecular flexibility index (Phi) is 5.62. The highest BCUT2D eigenvalue weighted by Crippen LogP contribution is 2.22. The van der Waals surface area contributed by atoms with Gasteiger partial charge in [-0.2, -0.15) is 0 Å². The number of amides is 2. The second-order valence-electron chi connectivity index (χ2n) is 7.00. The number of hydrogen-bond acceptors (Lipinski definition) is 4. The van der Waals surface area contributed by atoms with E-state index in [0.717, 1.165) is 5.39 Å². The fourth-order valence-corrected chi connectivity index (χ4v) is 3.18. The summed E-state index contributed by atoms with van der Waals surface area (Å²) in [5.74, 6) is -0.385. The fraction of sp³-hybridized carbons (Fsp3) is 0.0800. The second-order valence-corrected chi connectivity index (χ2v) is 7.00. The molecule has 0 fully saturated rings. The van der Waals surface area contributed by atoms with Crippen LogP contribution in [0, 0.1) is 0 Å². The average molecular weight is 412 g/mol. The van der Waals surface area contributed by atoms with Crippen molar-refractivity contribution >= 4 is 34.2 Å². The lowest BCUT2D eigenvalue weighted by molar-refractivity contribution is -0.115. The molecule has 0 aliphatic rings. The Hall–Kier alpha value is -4.19. The van der Waals surface area contributed by atoms with Crippen LogP contribution in [0.2, 0.25) is 0 Å². The van der Waals surface area contributed by atoms with Gasteiger partial charge in [-0.25, -0.2) is 4.79 Å². The number of rotatable bonds is 5. The van der Waals surface area contributed by atoms with E-state index in [1.54, 1.807) is 73.7 Å². The molecule has 6 heteroatoms. The van der Waals surface area contributed by atoms with Gasteiger partial charge in [0.05, 0.1) is 5.56 Å². The highest BCUT2D eigenvalue weighted by Gasteiger charge is 2.12. The van der Waals surface area contributed by atoms with E-state index in [0.29, 0.717) is 40.1 Å². The maximum Gasteiger partial charge on any atom is 0.344 e. The first-order valence-corrected chi connectivity index (χ1v) is 9.88. The van der Waals surface area contributed by atoms with Gasteiger partial charge in [-0.05, 0) is 54.1 Å². The van der Waals surface area contributed by atoms with Crippen molar-refractivity contribution in [3.05, 3.63) is 94.8 Å². The van der Waals surface area contributed by atoms with E-state index in [9.17, 15) is 14.4 Å². The second kappa shape index (κ2) is 8.67. The predicted molar refractivity (Wildman–Crippen MR) is 121 cm³/mol. The number of nitrogens with one attached hydrogen (secondary N) is 2. The molecule has 0 bridgehead atoms. The van der Waals surface area contributed by atoms with E-state index in [2.05, 4.69) is 10.6 Å². The van der Waals surface area contributed by atoms with Crippen LogP contribution in [0.4, 0.5) is 11.4 Å². The zero-order chi connectivity index (χ0) is 21.8. The quantitative estimate of drug-likeness (QED) is 0.449. The van der Waals surface area contributed by atoms with Crippen LogP contribution in [-0.4, -0.2) is 11.8 Å². The van der Waals surface area contributed by atoms with Crippen molar-refractivity contribution < 1.29 is 14.0 Å². The zero-order valence-electron chi connectivity index (χ0n) is 16.8. The summed E-state index contributed by atoms with van der Waals surface area (Å²) in [6.45, 7) is 1.78. The molecule has 0 radical (unpaired) electrons. The molecule has 0 aliphatic carbocycles. The molecule has 1 aromatic heterocycles. The van der Waals surface area contributed by atoms with E-state index in [1.807, 2.05) is 12.1 Å². The number of carbonyl (C=O) groups excluding carboxylic acids is 2. The molecule has 6 nitrogen and oxygen atoms in total. The van der Waals surface area contributed by atoms with Crippen molar-refractivity contribution in [2.24, 2.45) is 0 Å². The van der Waals surface area contributed by atoms with E-state index in [-0.39, 0.29) is 11.8 Å². The number of para-hydroxylation sites is 1. The summed E-state index contributed by atoms with van der Waals surface area (Å²) < 4.78 is 5.40. The van der Waals surface area contributed by atoms with E-state index < -0.39 is 5.63 Å². The lowest BCUT2D eigenvalue weighted by Gasteiger charge is -2.09. The maximum atomic E-state index is 12.7. The number of fused-ring (bicyclic) bond motifs is 1. The van der Waals surface area contributed by atoms with E-state index in [4.69, 9.17) is 4.42 Å². The SMILES string of the molecule is CCC(=O)Nc1ccc(NC(=O)c2cccc(-c3cc4ccccc4oc3=O)c2)cc1. The minimum Gasteiger partial charge on any atom is -0.422 e. The fourth-order valence-electron chi connectivity index (χ4n) is 3.18. The van der Waals surface area contributed by atoms with Crippen molar-refractivity contribution in [1.29, 1.82) is 0 Å². The van der Waals surface area contributed by atoms with Crippen molar-refractivity contribution in [2.75, 3.05) is 10.6 Å². The molecule has 0 saturated carbocycles. The molecule has 0 atom stereocenters. The number of carbonyl (C=O) groups is 2. The Morgan fingerprint density at radius 1 is 0.839 bits per heavy atom. The highest BCUT2D eigenvalue weighted by molar-refractivity contribution is 6.05. The summed E-state index contributed by atoms with van der Waals surface area (Å²) >= 11 is 0. The first-order valence-electron chi connectivity index (χ1n) is 9.88. The zero-order valence-corrected chi connectivity index (χ0v) is 16.8. The van der Waals surface area contributed by atoms with Crippen LogP contribution in [0.1, 0.15) is 23.7 Å². The number of benzene rings is 3. The van der Waals surface area contributed by atoms with Crippen LogP contribution >= 0.6 is 0 Å². The van der Waals surface area contributed by atoms with Crippen molar-refractivity contribution in [3.8, 4) is 11.1 Å². The molecule has 0 saturated heterocycles. The Labute approximate surface area is 178 Å². The summed E-state index contributed by atoms with van der Waals surface area (Å²) in [4.78, 5) is 36.6. The molecule has 154 valence electrons. The molecule has 1 heterocycles. The van der Waals surface area contributed by atoms with Gasteiger partial charge in [-0.1, -0.05) is 37.3 Å². The molecule has 4 aromatic rings. The molecular weight excluding hydrogens is 392 g/mol. The average Bonchev–Trinajstić information content (AvgIpc) is 2.80. The van der Waals surface area contributed by atoms with Gasteiger partial charge in [0, 0.05) is 28.7 Å². The summed E-state index contributed by atoms with van der Waals surface area (Å²) in [6, 6.07) is 22.7. The smallest absolute Gasteiger partial charge is 0.344 e. The number of hydrogen-bond donors (Lipinski definition) is 2. The lowest BCUT2D eigenvalue weighted by atomic mass is 10.0. The lowest BCUT2D eigenvalue weighted by Crippen LogP contribution is -2.13. The molecule has 3 aromatic carbocycles. The third kappa shape index (κ3) is 4.53. The van der Waals surface area contributed by atoms with Gasteiger partial charge in [0.1, 0.15) is 5.58 Å². The molecular formula is C25H20N2O4. The van der Waals surface area contributed by atoms with Crippen molar-refractivity contribution in [1.82, 2.24) is 0 Å². The predicted octanol–water partition coefficient (Wildman–Crippen LogP) is 5.06. The molecule has 0 spiro atoms.